The Kier molecular flexibility index (Phi) is 4.12. The van der Waals surface area contributed by atoms with Crippen molar-refractivity contribution in [2.75, 3.05) is 5.88 Å². The summed E-state index contributed by atoms with van der Waals surface area (Å²) < 4.78 is 29.5. The lowest BCUT2D eigenvalue weighted by molar-refractivity contribution is 0.508. The summed E-state index contributed by atoms with van der Waals surface area (Å²) in [5, 5.41) is 0. The molecule has 0 spiro atoms. The molecule has 0 saturated carbocycles. The van der Waals surface area contributed by atoms with Gasteiger partial charge >= 0.3 is 0 Å². The van der Waals surface area contributed by atoms with Crippen LogP contribution in [0, 0.1) is 15.2 Å². The predicted molar refractivity (Wildman–Crippen MR) is 88.1 cm³/mol. The van der Waals surface area contributed by atoms with Gasteiger partial charge in [-0.1, -0.05) is 0 Å². The van der Waals surface area contributed by atoms with Gasteiger partial charge in [-0.25, -0.2) is 13.8 Å². The van der Waals surface area contributed by atoms with E-state index < -0.39 is 11.6 Å². The number of hydrogen-bond acceptors (Lipinski definition) is 1. The molecule has 6 heteroatoms. The molecular weight excluding hydrogens is 409 g/mol. The number of rotatable bonds is 3. The fraction of sp³-hybridized carbons (Fsp3) is 0.133. The van der Waals surface area contributed by atoms with Crippen molar-refractivity contribution in [3.63, 3.8) is 0 Å². The van der Waals surface area contributed by atoms with E-state index in [2.05, 4.69) is 27.6 Å². The molecule has 0 radical (unpaired) electrons. The highest BCUT2D eigenvalue weighted by atomic mass is 127. The summed E-state index contributed by atoms with van der Waals surface area (Å²) in [7, 11) is 0. The number of halogens is 4. The van der Waals surface area contributed by atoms with Crippen LogP contribution in [0.1, 0.15) is 5.82 Å². The van der Waals surface area contributed by atoms with E-state index in [4.69, 9.17) is 11.6 Å². The van der Waals surface area contributed by atoms with E-state index in [0.717, 1.165) is 26.5 Å². The monoisotopic (exact) mass is 418 g/mol. The Hall–Kier alpha value is -1.21. The van der Waals surface area contributed by atoms with Crippen molar-refractivity contribution in [3.8, 4) is 5.69 Å². The van der Waals surface area contributed by atoms with Crippen molar-refractivity contribution >= 4 is 45.2 Å². The van der Waals surface area contributed by atoms with Gasteiger partial charge in [-0.05, 0) is 52.9 Å². The fourth-order valence-electron chi connectivity index (χ4n) is 2.27. The molecule has 21 heavy (non-hydrogen) atoms. The highest BCUT2D eigenvalue weighted by molar-refractivity contribution is 14.1. The first-order valence-electron chi connectivity index (χ1n) is 6.28. The van der Waals surface area contributed by atoms with Crippen LogP contribution in [0.5, 0.6) is 0 Å². The second-order valence-corrected chi connectivity index (χ2v) is 6.16. The Morgan fingerprint density at radius 1 is 1.10 bits per heavy atom. The molecule has 3 rings (SSSR count). The Labute approximate surface area is 138 Å². The second-order valence-electron chi connectivity index (χ2n) is 4.53. The summed E-state index contributed by atoms with van der Waals surface area (Å²) in [4.78, 5) is 4.55. The smallest absolute Gasteiger partial charge is 0.160 e. The standard InChI is InChI=1S/C15H10ClF2IN2/c16-6-5-15-20-13-7-9(19)1-4-14(13)21(15)10-2-3-11(17)12(18)8-10/h1-4,7-8H,5-6H2. The zero-order valence-electron chi connectivity index (χ0n) is 10.8. The molecule has 0 amide bonds. The molecule has 0 N–H and O–H groups in total. The normalized spacial score (nSPS) is 11.2. The van der Waals surface area contributed by atoms with E-state index in [1.807, 2.05) is 22.8 Å². The Morgan fingerprint density at radius 2 is 1.90 bits per heavy atom. The second kappa shape index (κ2) is 5.88. The molecular formula is C15H10ClF2IN2. The topological polar surface area (TPSA) is 17.8 Å². The first-order valence-corrected chi connectivity index (χ1v) is 7.90. The maximum atomic E-state index is 13.5. The zero-order chi connectivity index (χ0) is 15.0. The lowest BCUT2D eigenvalue weighted by atomic mass is 10.2. The van der Waals surface area contributed by atoms with Gasteiger partial charge in [-0.15, -0.1) is 11.6 Å². The van der Waals surface area contributed by atoms with E-state index in [9.17, 15) is 8.78 Å². The largest absolute Gasteiger partial charge is 0.296 e. The van der Waals surface area contributed by atoms with Gasteiger partial charge in [-0.3, -0.25) is 4.57 Å². The van der Waals surface area contributed by atoms with Crippen molar-refractivity contribution in [2.24, 2.45) is 0 Å². The van der Waals surface area contributed by atoms with Gasteiger partial charge in [0.15, 0.2) is 11.6 Å². The van der Waals surface area contributed by atoms with Crippen molar-refractivity contribution in [1.29, 1.82) is 0 Å². The Morgan fingerprint density at radius 3 is 2.62 bits per heavy atom. The summed E-state index contributed by atoms with van der Waals surface area (Å²) in [6.07, 6.45) is 0.547. The lowest BCUT2D eigenvalue weighted by Gasteiger charge is -2.09. The molecule has 0 bridgehead atoms. The summed E-state index contributed by atoms with van der Waals surface area (Å²) in [5.74, 6) is -0.606. The van der Waals surface area contributed by atoms with Crippen LogP contribution in [0.2, 0.25) is 0 Å². The molecule has 0 aliphatic rings. The SMILES string of the molecule is Fc1ccc(-n2c(CCCl)nc3cc(I)ccc32)cc1F. The molecule has 0 aliphatic carbocycles. The third-order valence-corrected chi connectivity index (χ3v) is 4.03. The average molecular weight is 419 g/mol. The van der Waals surface area contributed by atoms with E-state index in [-0.39, 0.29) is 0 Å². The summed E-state index contributed by atoms with van der Waals surface area (Å²) in [6, 6.07) is 9.65. The molecule has 0 unspecified atom stereocenters. The van der Waals surface area contributed by atoms with Crippen LogP contribution in [0.15, 0.2) is 36.4 Å². The van der Waals surface area contributed by atoms with Gasteiger partial charge in [0.2, 0.25) is 0 Å². The van der Waals surface area contributed by atoms with Crippen molar-refractivity contribution in [2.45, 2.75) is 6.42 Å². The summed E-state index contributed by atoms with van der Waals surface area (Å²) >= 11 is 8.03. The van der Waals surface area contributed by atoms with E-state index >= 15 is 0 Å². The molecule has 0 atom stereocenters. The quantitative estimate of drug-likeness (QED) is 0.446. The number of benzene rings is 2. The third-order valence-electron chi connectivity index (χ3n) is 3.17. The first kappa shape index (κ1) is 14.7. The van der Waals surface area contributed by atoms with Crippen LogP contribution in [0.4, 0.5) is 8.78 Å². The Balaban J connectivity index is 2.27. The van der Waals surface area contributed by atoms with Gasteiger partial charge < -0.3 is 0 Å². The highest BCUT2D eigenvalue weighted by Crippen LogP contribution is 2.24. The van der Waals surface area contributed by atoms with Crippen molar-refractivity contribution < 1.29 is 8.78 Å². The molecule has 1 heterocycles. The minimum atomic E-state index is -0.878. The van der Waals surface area contributed by atoms with Gasteiger partial charge in [0.05, 0.1) is 16.7 Å². The van der Waals surface area contributed by atoms with Crippen LogP contribution in [-0.2, 0) is 6.42 Å². The number of aryl methyl sites for hydroxylation is 1. The number of imidazole rings is 1. The summed E-state index contributed by atoms with van der Waals surface area (Å²) in [5.41, 5.74) is 2.20. The molecule has 0 aliphatic heterocycles. The van der Waals surface area contributed by atoms with E-state index in [0.29, 0.717) is 18.0 Å². The summed E-state index contributed by atoms with van der Waals surface area (Å²) in [6.45, 7) is 0. The highest BCUT2D eigenvalue weighted by Gasteiger charge is 2.14. The molecule has 3 aromatic rings. The molecule has 108 valence electrons. The fourth-order valence-corrected chi connectivity index (χ4v) is 2.91. The van der Waals surface area contributed by atoms with Crippen molar-refractivity contribution in [3.05, 3.63) is 57.4 Å². The minimum absolute atomic E-state index is 0.407. The average Bonchev–Trinajstić information content (AvgIpc) is 2.79. The number of alkyl halides is 1. The number of nitrogens with zero attached hydrogens (tertiary/aromatic N) is 2. The van der Waals surface area contributed by atoms with Gasteiger partial charge in [0, 0.05) is 21.9 Å². The van der Waals surface area contributed by atoms with Gasteiger partial charge in [0.25, 0.3) is 0 Å². The van der Waals surface area contributed by atoms with E-state index in [1.54, 1.807) is 0 Å². The van der Waals surface area contributed by atoms with Crippen LogP contribution >= 0.6 is 34.2 Å². The number of aromatic nitrogens is 2. The molecule has 0 fully saturated rings. The number of hydrogen-bond donors (Lipinski definition) is 0. The molecule has 2 aromatic carbocycles. The zero-order valence-corrected chi connectivity index (χ0v) is 13.7. The van der Waals surface area contributed by atoms with Crippen LogP contribution in [0.3, 0.4) is 0 Å². The van der Waals surface area contributed by atoms with Crippen LogP contribution in [-0.4, -0.2) is 15.4 Å². The first-order chi connectivity index (χ1) is 10.1. The van der Waals surface area contributed by atoms with E-state index in [1.165, 1.54) is 12.1 Å². The lowest BCUT2D eigenvalue weighted by Crippen LogP contribution is -2.03. The van der Waals surface area contributed by atoms with Crippen LogP contribution < -0.4 is 0 Å². The van der Waals surface area contributed by atoms with Crippen molar-refractivity contribution in [1.82, 2.24) is 9.55 Å². The predicted octanol–water partition coefficient (Wildman–Crippen LogP) is 4.69. The van der Waals surface area contributed by atoms with Crippen LogP contribution in [0.25, 0.3) is 16.7 Å². The third kappa shape index (κ3) is 2.76. The molecule has 0 saturated heterocycles. The molecule has 2 nitrogen and oxygen atoms in total. The minimum Gasteiger partial charge on any atom is -0.296 e. The van der Waals surface area contributed by atoms with Gasteiger partial charge in [0.1, 0.15) is 5.82 Å². The Bertz CT molecular complexity index is 817. The van der Waals surface area contributed by atoms with Gasteiger partial charge in [-0.2, -0.15) is 0 Å². The maximum Gasteiger partial charge on any atom is 0.160 e. The number of fused-ring (bicyclic) bond motifs is 1. The molecule has 1 aromatic heterocycles. The maximum absolute atomic E-state index is 13.5.